The van der Waals surface area contributed by atoms with E-state index in [4.69, 9.17) is 4.74 Å². The minimum Gasteiger partial charge on any atom is -0.406 e. The predicted octanol–water partition coefficient (Wildman–Crippen LogP) is 2.49. The van der Waals surface area contributed by atoms with E-state index < -0.39 is 18.3 Å². The number of carbonyl (C=O) groups excluding carboxylic acids is 1. The van der Waals surface area contributed by atoms with E-state index in [0.717, 1.165) is 0 Å². The van der Waals surface area contributed by atoms with Crippen LogP contribution >= 0.6 is 0 Å². The van der Waals surface area contributed by atoms with Crippen LogP contribution in [0.3, 0.4) is 0 Å². The van der Waals surface area contributed by atoms with Crippen LogP contribution in [-0.2, 0) is 4.74 Å². The lowest BCUT2D eigenvalue weighted by Gasteiger charge is -2.18. The first kappa shape index (κ1) is 17.7. The van der Waals surface area contributed by atoms with Crippen LogP contribution in [0.2, 0.25) is 0 Å². The van der Waals surface area contributed by atoms with Crippen molar-refractivity contribution < 1.29 is 27.4 Å². The highest BCUT2D eigenvalue weighted by Crippen LogP contribution is 2.24. The molecule has 1 atom stereocenters. The van der Waals surface area contributed by atoms with Crippen LogP contribution in [0, 0.1) is 0 Å². The number of amides is 1. The molecule has 1 unspecified atom stereocenters. The smallest absolute Gasteiger partial charge is 0.406 e. The Hall–Kier alpha value is -2.68. The number of alkyl halides is 3. The molecule has 0 aliphatic rings. The van der Waals surface area contributed by atoms with Gasteiger partial charge in [0.25, 0.3) is 5.91 Å². The van der Waals surface area contributed by atoms with Crippen molar-refractivity contribution >= 4 is 5.91 Å². The standard InChI is InChI=1S/C15H14F3N3O3/c1-23-8-13(21-14(22)12-6-7-19-9-20-12)10-2-4-11(5-3-10)24-15(16,17)18/h2-7,9,13H,8H2,1H3,(H,21,22). The molecule has 128 valence electrons. The maximum atomic E-state index is 12.2. The number of carbonyl (C=O) groups is 1. The summed E-state index contributed by atoms with van der Waals surface area (Å²) < 4.78 is 45.4. The molecule has 2 aromatic rings. The summed E-state index contributed by atoms with van der Waals surface area (Å²) in [7, 11) is 1.45. The van der Waals surface area contributed by atoms with Gasteiger partial charge in [-0.2, -0.15) is 0 Å². The first-order valence-electron chi connectivity index (χ1n) is 6.80. The number of aromatic nitrogens is 2. The molecule has 24 heavy (non-hydrogen) atoms. The van der Waals surface area contributed by atoms with Gasteiger partial charge in [-0.1, -0.05) is 12.1 Å². The van der Waals surface area contributed by atoms with Crippen LogP contribution < -0.4 is 10.1 Å². The lowest BCUT2D eigenvalue weighted by Crippen LogP contribution is -2.31. The minimum atomic E-state index is -4.76. The third kappa shape index (κ3) is 5.20. The van der Waals surface area contributed by atoms with Crippen LogP contribution in [-0.4, -0.2) is 36.0 Å². The number of benzene rings is 1. The fourth-order valence-corrected chi connectivity index (χ4v) is 1.95. The molecule has 0 fully saturated rings. The third-order valence-electron chi connectivity index (χ3n) is 2.97. The number of ether oxygens (including phenoxy) is 2. The number of hydrogen-bond acceptors (Lipinski definition) is 5. The molecule has 6 nitrogen and oxygen atoms in total. The number of methoxy groups -OCH3 is 1. The Balaban J connectivity index is 2.11. The van der Waals surface area contributed by atoms with E-state index in [2.05, 4.69) is 20.0 Å². The largest absolute Gasteiger partial charge is 0.573 e. The molecule has 0 spiro atoms. The van der Waals surface area contributed by atoms with Crippen molar-refractivity contribution in [2.45, 2.75) is 12.4 Å². The van der Waals surface area contributed by atoms with Gasteiger partial charge in [-0.05, 0) is 23.8 Å². The Bertz CT molecular complexity index is 663. The molecule has 0 aliphatic carbocycles. The second-order valence-corrected chi connectivity index (χ2v) is 4.69. The first-order valence-corrected chi connectivity index (χ1v) is 6.80. The molecular weight excluding hydrogens is 327 g/mol. The molecule has 9 heteroatoms. The van der Waals surface area contributed by atoms with Crippen LogP contribution in [0.25, 0.3) is 0 Å². The Morgan fingerprint density at radius 3 is 2.50 bits per heavy atom. The quantitative estimate of drug-likeness (QED) is 0.874. The highest BCUT2D eigenvalue weighted by atomic mass is 19.4. The number of hydrogen-bond donors (Lipinski definition) is 1. The van der Waals surface area contributed by atoms with Gasteiger partial charge in [0.15, 0.2) is 0 Å². The average Bonchev–Trinajstić information content (AvgIpc) is 2.54. The summed E-state index contributed by atoms with van der Waals surface area (Å²) in [4.78, 5) is 19.7. The highest BCUT2D eigenvalue weighted by Gasteiger charge is 2.31. The summed E-state index contributed by atoms with van der Waals surface area (Å²) in [6.45, 7) is 0.135. The molecule has 1 aromatic carbocycles. The zero-order valence-electron chi connectivity index (χ0n) is 12.6. The first-order chi connectivity index (χ1) is 11.4. The Kier molecular flexibility index (Phi) is 5.69. The van der Waals surface area contributed by atoms with Gasteiger partial charge in [0.05, 0.1) is 12.6 Å². The number of rotatable bonds is 6. The van der Waals surface area contributed by atoms with Crippen LogP contribution in [0.15, 0.2) is 42.9 Å². The molecular formula is C15H14F3N3O3. The SMILES string of the molecule is COCC(NC(=O)c1ccncn1)c1ccc(OC(F)(F)F)cc1. The normalized spacial score (nSPS) is 12.5. The topological polar surface area (TPSA) is 73.3 Å². The summed E-state index contributed by atoms with van der Waals surface area (Å²) in [5, 5.41) is 2.70. The minimum absolute atomic E-state index is 0.135. The van der Waals surface area contributed by atoms with Crippen LogP contribution in [0.5, 0.6) is 5.75 Å². The third-order valence-corrected chi connectivity index (χ3v) is 2.97. The van der Waals surface area contributed by atoms with E-state index in [0.29, 0.717) is 5.56 Å². The second-order valence-electron chi connectivity index (χ2n) is 4.69. The van der Waals surface area contributed by atoms with E-state index in [1.165, 1.54) is 50.0 Å². The van der Waals surface area contributed by atoms with Crippen LogP contribution in [0.1, 0.15) is 22.1 Å². The van der Waals surface area contributed by atoms with Gasteiger partial charge in [0, 0.05) is 13.3 Å². The van der Waals surface area contributed by atoms with Gasteiger partial charge >= 0.3 is 6.36 Å². The zero-order chi connectivity index (χ0) is 17.6. The van der Waals surface area contributed by atoms with Crippen molar-refractivity contribution in [3.8, 4) is 5.75 Å². The summed E-state index contributed by atoms with van der Waals surface area (Å²) in [5.41, 5.74) is 0.733. The molecule has 1 amide bonds. The van der Waals surface area contributed by atoms with Crippen molar-refractivity contribution in [3.63, 3.8) is 0 Å². The maximum Gasteiger partial charge on any atom is 0.573 e. The highest BCUT2D eigenvalue weighted by molar-refractivity contribution is 5.92. The second kappa shape index (κ2) is 7.73. The molecule has 0 aliphatic heterocycles. The molecule has 0 bridgehead atoms. The summed E-state index contributed by atoms with van der Waals surface area (Å²) >= 11 is 0. The fraction of sp³-hybridized carbons (Fsp3) is 0.267. The lowest BCUT2D eigenvalue weighted by atomic mass is 10.1. The number of halogens is 3. The number of nitrogens with one attached hydrogen (secondary N) is 1. The molecule has 2 rings (SSSR count). The maximum absolute atomic E-state index is 12.2. The average molecular weight is 341 g/mol. The van der Waals surface area contributed by atoms with E-state index >= 15 is 0 Å². The molecule has 0 radical (unpaired) electrons. The van der Waals surface area contributed by atoms with Gasteiger partial charge in [0.1, 0.15) is 17.8 Å². The van der Waals surface area contributed by atoms with Crippen molar-refractivity contribution in [1.82, 2.24) is 15.3 Å². The summed E-state index contributed by atoms with van der Waals surface area (Å²) in [6.07, 6.45) is -2.09. The van der Waals surface area contributed by atoms with Gasteiger partial charge in [0.2, 0.25) is 0 Å². The summed E-state index contributed by atoms with van der Waals surface area (Å²) in [6, 6.07) is 6.07. The van der Waals surface area contributed by atoms with Gasteiger partial charge in [-0.15, -0.1) is 13.2 Å². The monoisotopic (exact) mass is 341 g/mol. The van der Waals surface area contributed by atoms with Gasteiger partial charge < -0.3 is 14.8 Å². The predicted molar refractivity (Wildman–Crippen MR) is 77.2 cm³/mol. The van der Waals surface area contributed by atoms with E-state index in [1.807, 2.05) is 0 Å². The van der Waals surface area contributed by atoms with E-state index in [-0.39, 0.29) is 18.1 Å². The van der Waals surface area contributed by atoms with Crippen LogP contribution in [0.4, 0.5) is 13.2 Å². The molecule has 1 N–H and O–H groups in total. The fourth-order valence-electron chi connectivity index (χ4n) is 1.95. The lowest BCUT2D eigenvalue weighted by molar-refractivity contribution is -0.274. The summed E-state index contributed by atoms with van der Waals surface area (Å²) in [5.74, 6) is -0.792. The Labute approximate surface area is 135 Å². The Morgan fingerprint density at radius 2 is 1.96 bits per heavy atom. The van der Waals surface area contributed by atoms with Crippen molar-refractivity contribution in [2.75, 3.05) is 13.7 Å². The molecule has 1 aromatic heterocycles. The number of nitrogens with zero attached hydrogens (tertiary/aromatic N) is 2. The van der Waals surface area contributed by atoms with Gasteiger partial charge in [-0.25, -0.2) is 9.97 Å². The molecule has 0 saturated heterocycles. The van der Waals surface area contributed by atoms with E-state index in [9.17, 15) is 18.0 Å². The molecule has 0 saturated carbocycles. The van der Waals surface area contributed by atoms with Crippen molar-refractivity contribution in [3.05, 3.63) is 54.1 Å². The van der Waals surface area contributed by atoms with E-state index in [1.54, 1.807) is 0 Å². The molecule has 1 heterocycles. The van der Waals surface area contributed by atoms with Crippen molar-refractivity contribution in [1.29, 1.82) is 0 Å². The van der Waals surface area contributed by atoms with Crippen molar-refractivity contribution in [2.24, 2.45) is 0 Å². The van der Waals surface area contributed by atoms with Gasteiger partial charge in [-0.3, -0.25) is 4.79 Å². The zero-order valence-corrected chi connectivity index (χ0v) is 12.6. The Morgan fingerprint density at radius 1 is 1.25 bits per heavy atom.